The Hall–Kier alpha value is -2.73. The van der Waals surface area contributed by atoms with E-state index in [4.69, 9.17) is 16.3 Å². The molecule has 1 aliphatic rings. The fraction of sp³-hybridized carbons (Fsp3) is 0.300. The van der Waals surface area contributed by atoms with E-state index in [-0.39, 0.29) is 18.5 Å². The van der Waals surface area contributed by atoms with Gasteiger partial charge in [0.2, 0.25) is 0 Å². The highest BCUT2D eigenvalue weighted by Gasteiger charge is 2.25. The first-order valence-corrected chi connectivity index (χ1v) is 9.35. The van der Waals surface area contributed by atoms with Crippen LogP contribution in [0.15, 0.2) is 42.5 Å². The van der Waals surface area contributed by atoms with Crippen molar-refractivity contribution in [3.8, 4) is 5.75 Å². The lowest BCUT2D eigenvalue weighted by Gasteiger charge is -2.29. The van der Waals surface area contributed by atoms with E-state index in [1.54, 1.807) is 47.4 Å². The number of fused-ring (bicyclic) bond motifs is 1. The quantitative estimate of drug-likeness (QED) is 0.692. The Morgan fingerprint density at radius 1 is 1.11 bits per heavy atom. The molecule has 0 aromatic heterocycles. The summed E-state index contributed by atoms with van der Waals surface area (Å²) < 4.78 is 5.51. The highest BCUT2D eigenvalue weighted by molar-refractivity contribution is 6.30. The molecule has 0 spiro atoms. The molecule has 3 rings (SSSR count). The van der Waals surface area contributed by atoms with Crippen molar-refractivity contribution in [3.63, 3.8) is 0 Å². The number of carbonyl (C=O) groups is 2. The van der Waals surface area contributed by atoms with Gasteiger partial charge in [-0.05, 0) is 48.9 Å². The third-order valence-corrected chi connectivity index (χ3v) is 4.50. The molecule has 0 radical (unpaired) electrons. The van der Waals surface area contributed by atoms with Crippen molar-refractivity contribution >= 4 is 40.6 Å². The monoisotopic (exact) mass is 387 g/mol. The number of nitrogens with one attached hydrogen (secondary N) is 2. The van der Waals surface area contributed by atoms with Crippen LogP contribution in [0.2, 0.25) is 5.02 Å². The maximum Gasteiger partial charge on any atom is 0.323 e. The lowest BCUT2D eigenvalue weighted by atomic mass is 10.1. The fourth-order valence-corrected chi connectivity index (χ4v) is 3.00. The molecule has 2 aromatic rings. The molecule has 1 aliphatic heterocycles. The molecule has 2 aromatic carbocycles. The van der Waals surface area contributed by atoms with E-state index < -0.39 is 0 Å². The predicted molar refractivity (Wildman–Crippen MR) is 108 cm³/mol. The number of hydrogen-bond donors (Lipinski definition) is 2. The van der Waals surface area contributed by atoms with Gasteiger partial charge in [0.1, 0.15) is 5.75 Å². The smallest absolute Gasteiger partial charge is 0.323 e. The van der Waals surface area contributed by atoms with Crippen LogP contribution in [0.5, 0.6) is 5.75 Å². The van der Waals surface area contributed by atoms with Gasteiger partial charge in [0.25, 0.3) is 5.91 Å². The van der Waals surface area contributed by atoms with Crippen LogP contribution in [-0.2, 0) is 4.79 Å². The van der Waals surface area contributed by atoms with Crippen LogP contribution in [0.3, 0.4) is 0 Å². The molecule has 0 unspecified atom stereocenters. The molecule has 0 fully saturated rings. The van der Waals surface area contributed by atoms with Gasteiger partial charge in [0, 0.05) is 22.9 Å². The molecule has 7 heteroatoms. The van der Waals surface area contributed by atoms with Crippen molar-refractivity contribution < 1.29 is 14.3 Å². The average Bonchev–Trinajstić information content (AvgIpc) is 2.65. The average molecular weight is 388 g/mol. The number of unbranched alkanes of at least 4 members (excludes halogenated alkanes) is 2. The molecule has 6 nitrogen and oxygen atoms in total. The van der Waals surface area contributed by atoms with Gasteiger partial charge in [-0.3, -0.25) is 4.79 Å². The number of amides is 3. The molecule has 0 saturated heterocycles. The molecule has 2 N–H and O–H groups in total. The molecule has 142 valence electrons. The lowest BCUT2D eigenvalue weighted by Crippen LogP contribution is -2.39. The van der Waals surface area contributed by atoms with E-state index >= 15 is 0 Å². The first-order chi connectivity index (χ1) is 13.1. The van der Waals surface area contributed by atoms with Crippen molar-refractivity contribution in [3.05, 3.63) is 47.5 Å². The van der Waals surface area contributed by atoms with Gasteiger partial charge in [0.05, 0.1) is 5.69 Å². The van der Waals surface area contributed by atoms with E-state index in [2.05, 4.69) is 17.6 Å². The molecular formula is C20H22ClN3O3. The number of halogens is 1. The largest absolute Gasteiger partial charge is 0.482 e. The van der Waals surface area contributed by atoms with Crippen LogP contribution in [0.1, 0.15) is 26.2 Å². The van der Waals surface area contributed by atoms with Crippen molar-refractivity contribution in [1.82, 2.24) is 0 Å². The Bertz CT molecular complexity index is 824. The summed E-state index contributed by atoms with van der Waals surface area (Å²) in [5.74, 6) is 0.580. The number of carbonyl (C=O) groups excluding carboxylic acids is 2. The predicted octanol–water partition coefficient (Wildman–Crippen LogP) is 4.90. The summed E-state index contributed by atoms with van der Waals surface area (Å²) in [7, 11) is 0. The van der Waals surface area contributed by atoms with E-state index in [1.165, 1.54) is 0 Å². The molecular weight excluding hydrogens is 366 g/mol. The van der Waals surface area contributed by atoms with Gasteiger partial charge < -0.3 is 20.3 Å². The number of urea groups is 1. The van der Waals surface area contributed by atoms with Crippen LogP contribution < -0.4 is 20.3 Å². The number of ether oxygens (including phenoxy) is 1. The maximum absolute atomic E-state index is 12.2. The van der Waals surface area contributed by atoms with Crippen molar-refractivity contribution in [1.29, 1.82) is 0 Å². The summed E-state index contributed by atoms with van der Waals surface area (Å²) >= 11 is 5.84. The molecule has 0 saturated carbocycles. The van der Waals surface area contributed by atoms with Crippen LogP contribution in [0.25, 0.3) is 0 Å². The van der Waals surface area contributed by atoms with Gasteiger partial charge in [-0.2, -0.15) is 0 Å². The molecule has 3 amide bonds. The molecule has 0 atom stereocenters. The summed E-state index contributed by atoms with van der Waals surface area (Å²) in [6, 6.07) is 11.7. The van der Waals surface area contributed by atoms with Crippen LogP contribution in [0, 0.1) is 0 Å². The van der Waals surface area contributed by atoms with Gasteiger partial charge in [-0.1, -0.05) is 31.4 Å². The number of anilines is 3. The van der Waals surface area contributed by atoms with Crippen molar-refractivity contribution in [2.45, 2.75) is 26.2 Å². The fourth-order valence-electron chi connectivity index (χ4n) is 2.87. The number of benzene rings is 2. The van der Waals surface area contributed by atoms with E-state index in [0.29, 0.717) is 34.4 Å². The highest BCUT2D eigenvalue weighted by atomic mass is 35.5. The third kappa shape index (κ3) is 4.92. The lowest BCUT2D eigenvalue weighted by molar-refractivity contribution is -0.121. The van der Waals surface area contributed by atoms with Gasteiger partial charge in [-0.15, -0.1) is 0 Å². The summed E-state index contributed by atoms with van der Waals surface area (Å²) in [5, 5.41) is 6.12. The summed E-state index contributed by atoms with van der Waals surface area (Å²) in [5.41, 5.74) is 1.90. The Labute approximate surface area is 163 Å². The topological polar surface area (TPSA) is 70.7 Å². The van der Waals surface area contributed by atoms with E-state index in [1.807, 2.05) is 0 Å². The number of nitrogens with zero attached hydrogens (tertiary/aromatic N) is 1. The minimum atomic E-state index is -0.377. The van der Waals surface area contributed by atoms with E-state index in [9.17, 15) is 9.59 Å². The van der Waals surface area contributed by atoms with Gasteiger partial charge in [0.15, 0.2) is 6.61 Å². The zero-order valence-electron chi connectivity index (χ0n) is 15.1. The highest BCUT2D eigenvalue weighted by Crippen LogP contribution is 2.34. The Balaban J connectivity index is 1.71. The Morgan fingerprint density at radius 2 is 1.81 bits per heavy atom. The molecule has 1 heterocycles. The van der Waals surface area contributed by atoms with Gasteiger partial charge >= 0.3 is 6.03 Å². The zero-order chi connectivity index (χ0) is 19.2. The summed E-state index contributed by atoms with van der Waals surface area (Å²) in [6.45, 7) is 2.81. The van der Waals surface area contributed by atoms with E-state index in [0.717, 1.165) is 19.3 Å². The third-order valence-electron chi connectivity index (χ3n) is 4.25. The van der Waals surface area contributed by atoms with Crippen molar-refractivity contribution in [2.75, 3.05) is 28.7 Å². The SMILES string of the molecule is CCCCCN1C(=O)COc2ccc(NC(=O)Nc3ccc(Cl)cc3)cc21. The normalized spacial score (nSPS) is 13.0. The number of rotatable bonds is 6. The second-order valence-electron chi connectivity index (χ2n) is 6.31. The molecule has 0 aliphatic carbocycles. The van der Waals surface area contributed by atoms with Crippen LogP contribution in [-0.4, -0.2) is 25.1 Å². The van der Waals surface area contributed by atoms with Crippen LogP contribution >= 0.6 is 11.6 Å². The first kappa shape index (κ1) is 19.0. The summed E-state index contributed by atoms with van der Waals surface area (Å²) in [6.07, 6.45) is 3.07. The second-order valence-corrected chi connectivity index (χ2v) is 6.75. The minimum Gasteiger partial charge on any atom is -0.482 e. The first-order valence-electron chi connectivity index (χ1n) is 8.97. The summed E-state index contributed by atoms with van der Waals surface area (Å²) in [4.78, 5) is 26.2. The Kier molecular flexibility index (Phi) is 6.19. The second kappa shape index (κ2) is 8.77. The van der Waals surface area contributed by atoms with Crippen molar-refractivity contribution in [2.24, 2.45) is 0 Å². The zero-order valence-corrected chi connectivity index (χ0v) is 15.9. The molecule has 0 bridgehead atoms. The standard InChI is InChI=1S/C20H22ClN3O3/c1-2-3-4-11-24-17-12-16(9-10-18(17)27-13-19(24)25)23-20(26)22-15-7-5-14(21)6-8-15/h5-10,12H,2-4,11,13H2,1H3,(H2,22,23,26). The minimum absolute atomic E-state index is 0.0446. The molecule has 27 heavy (non-hydrogen) atoms. The van der Waals surface area contributed by atoms with Crippen LogP contribution in [0.4, 0.5) is 21.9 Å². The Morgan fingerprint density at radius 3 is 2.56 bits per heavy atom. The number of hydrogen-bond acceptors (Lipinski definition) is 3. The maximum atomic E-state index is 12.2. The van der Waals surface area contributed by atoms with Gasteiger partial charge in [-0.25, -0.2) is 4.79 Å².